The molecule has 8 nitrogen and oxygen atoms in total. The molecule has 0 unspecified atom stereocenters. The molecule has 1 aliphatic rings. The van der Waals surface area contributed by atoms with Crippen LogP contribution in [0.3, 0.4) is 0 Å². The molecule has 0 radical (unpaired) electrons. The zero-order valence-electron chi connectivity index (χ0n) is 19.5. The highest BCUT2D eigenvalue weighted by Crippen LogP contribution is 2.40. The number of aromatic nitrogens is 4. The van der Waals surface area contributed by atoms with E-state index in [0.717, 1.165) is 28.3 Å². The Morgan fingerprint density at radius 1 is 1.12 bits per heavy atom. The number of amides is 1. The predicted molar refractivity (Wildman–Crippen MR) is 131 cm³/mol. The van der Waals surface area contributed by atoms with Crippen molar-refractivity contribution in [3.8, 4) is 11.4 Å². The molecule has 0 fully saturated rings. The summed E-state index contributed by atoms with van der Waals surface area (Å²) in [6.07, 6.45) is 4.97. The summed E-state index contributed by atoms with van der Waals surface area (Å²) in [4.78, 5) is 33.0. The monoisotopic (exact) mass is 455 g/mol. The molecule has 0 bridgehead atoms. The van der Waals surface area contributed by atoms with Gasteiger partial charge in [0.25, 0.3) is 5.56 Å². The van der Waals surface area contributed by atoms with E-state index in [0.29, 0.717) is 11.0 Å². The van der Waals surface area contributed by atoms with E-state index in [-0.39, 0.29) is 18.0 Å². The molecule has 0 saturated carbocycles. The zero-order chi connectivity index (χ0) is 24.0. The van der Waals surface area contributed by atoms with Crippen molar-refractivity contribution in [2.45, 2.75) is 32.9 Å². The van der Waals surface area contributed by atoms with Crippen LogP contribution in [0.1, 0.15) is 26.3 Å². The summed E-state index contributed by atoms with van der Waals surface area (Å²) in [5, 5.41) is 4.70. The van der Waals surface area contributed by atoms with Crippen LogP contribution in [0.5, 0.6) is 5.75 Å². The van der Waals surface area contributed by atoms with Crippen LogP contribution in [-0.4, -0.2) is 37.9 Å². The molecule has 8 heteroatoms. The summed E-state index contributed by atoms with van der Waals surface area (Å²) in [5.74, 6) is 0.513. The van der Waals surface area contributed by atoms with Gasteiger partial charge in [-0.1, -0.05) is 24.3 Å². The third kappa shape index (κ3) is 3.48. The molecule has 0 N–H and O–H groups in total. The fraction of sp³-hybridized carbons (Fsp3) is 0.231. The van der Waals surface area contributed by atoms with Crippen LogP contribution >= 0.6 is 0 Å². The third-order valence-electron chi connectivity index (χ3n) is 6.13. The summed E-state index contributed by atoms with van der Waals surface area (Å²) in [6, 6.07) is 15.1. The number of nitrogens with zero attached hydrogens (tertiary/aromatic N) is 5. The molecule has 0 atom stereocenters. The number of ether oxygens (including phenoxy) is 1. The second-order valence-corrected chi connectivity index (χ2v) is 8.90. The van der Waals surface area contributed by atoms with Crippen LogP contribution in [0.25, 0.3) is 22.3 Å². The Bertz CT molecular complexity index is 1500. The average molecular weight is 456 g/mol. The van der Waals surface area contributed by atoms with E-state index in [1.165, 1.54) is 17.1 Å². The molecule has 1 amide bonds. The summed E-state index contributed by atoms with van der Waals surface area (Å²) in [7, 11) is 1.62. The van der Waals surface area contributed by atoms with Crippen LogP contribution in [0.15, 0.2) is 71.9 Å². The van der Waals surface area contributed by atoms with Gasteiger partial charge in [0, 0.05) is 5.56 Å². The van der Waals surface area contributed by atoms with Crippen molar-refractivity contribution in [1.82, 2.24) is 19.3 Å². The Balaban J connectivity index is 1.52. The summed E-state index contributed by atoms with van der Waals surface area (Å²) < 4.78 is 8.33. The van der Waals surface area contributed by atoms with E-state index in [2.05, 4.69) is 16.2 Å². The molecule has 5 rings (SSSR count). The molecule has 0 spiro atoms. The lowest BCUT2D eigenvalue weighted by Crippen LogP contribution is -2.50. The Morgan fingerprint density at radius 2 is 1.88 bits per heavy atom. The quantitative estimate of drug-likeness (QED) is 0.467. The molecule has 0 saturated heterocycles. The Morgan fingerprint density at radius 3 is 2.62 bits per heavy atom. The van der Waals surface area contributed by atoms with Gasteiger partial charge < -0.3 is 9.64 Å². The number of hydrogen-bond acceptors (Lipinski definition) is 5. The van der Waals surface area contributed by atoms with Gasteiger partial charge in [0.15, 0.2) is 5.65 Å². The first-order valence-electron chi connectivity index (χ1n) is 11.0. The van der Waals surface area contributed by atoms with Gasteiger partial charge in [0.1, 0.15) is 24.0 Å². The molecule has 3 heterocycles. The third-order valence-corrected chi connectivity index (χ3v) is 6.13. The van der Waals surface area contributed by atoms with E-state index < -0.39 is 5.54 Å². The number of benzene rings is 2. The minimum atomic E-state index is -0.567. The maximum absolute atomic E-state index is 13.6. The maximum atomic E-state index is 13.6. The normalized spacial score (nSPS) is 14.6. The number of hydrogen-bond donors (Lipinski definition) is 0. The van der Waals surface area contributed by atoms with E-state index in [1.54, 1.807) is 16.7 Å². The van der Waals surface area contributed by atoms with Crippen molar-refractivity contribution in [2.24, 2.45) is 0 Å². The summed E-state index contributed by atoms with van der Waals surface area (Å²) >= 11 is 0. The number of methoxy groups -OCH3 is 1. The Hall–Kier alpha value is -4.20. The van der Waals surface area contributed by atoms with Gasteiger partial charge in [-0.2, -0.15) is 5.10 Å². The van der Waals surface area contributed by atoms with Gasteiger partial charge in [-0.15, -0.1) is 0 Å². The minimum Gasteiger partial charge on any atom is -0.497 e. The van der Waals surface area contributed by atoms with Gasteiger partial charge in [0.05, 0.1) is 30.2 Å². The van der Waals surface area contributed by atoms with Crippen LogP contribution in [0.2, 0.25) is 0 Å². The highest BCUT2D eigenvalue weighted by atomic mass is 16.5. The fourth-order valence-electron chi connectivity index (χ4n) is 4.63. The SMILES string of the molecule is COc1ccc2c(c1)C(C)=CC(C)(C)N2C(=O)Cn1cnc2c(cnn2-c2ccccc2)c1=O. The van der Waals surface area contributed by atoms with E-state index in [9.17, 15) is 9.59 Å². The summed E-state index contributed by atoms with van der Waals surface area (Å²) in [5.41, 5.74) is 3.17. The van der Waals surface area contributed by atoms with Crippen molar-refractivity contribution < 1.29 is 9.53 Å². The van der Waals surface area contributed by atoms with E-state index in [1.807, 2.05) is 69.3 Å². The van der Waals surface area contributed by atoms with Crippen LogP contribution in [-0.2, 0) is 11.3 Å². The number of rotatable bonds is 4. The minimum absolute atomic E-state index is 0.139. The van der Waals surface area contributed by atoms with Gasteiger partial charge in [-0.05, 0) is 56.7 Å². The van der Waals surface area contributed by atoms with Crippen molar-refractivity contribution in [3.63, 3.8) is 0 Å². The van der Waals surface area contributed by atoms with Crippen molar-refractivity contribution in [1.29, 1.82) is 0 Å². The van der Waals surface area contributed by atoms with Crippen LogP contribution < -0.4 is 15.2 Å². The van der Waals surface area contributed by atoms with Gasteiger partial charge in [0.2, 0.25) is 5.91 Å². The zero-order valence-corrected chi connectivity index (χ0v) is 19.5. The van der Waals surface area contributed by atoms with Crippen LogP contribution in [0, 0.1) is 0 Å². The van der Waals surface area contributed by atoms with E-state index in [4.69, 9.17) is 4.74 Å². The molecular formula is C26H25N5O3. The van der Waals surface area contributed by atoms with E-state index >= 15 is 0 Å². The average Bonchev–Trinajstić information content (AvgIpc) is 3.25. The lowest BCUT2D eigenvalue weighted by molar-refractivity contribution is -0.120. The molecule has 34 heavy (non-hydrogen) atoms. The first-order chi connectivity index (χ1) is 16.3. The Labute approximate surface area is 196 Å². The molecule has 172 valence electrons. The molecular weight excluding hydrogens is 430 g/mol. The largest absolute Gasteiger partial charge is 0.497 e. The molecule has 0 aliphatic carbocycles. The number of fused-ring (bicyclic) bond motifs is 2. The molecule has 1 aliphatic heterocycles. The first-order valence-corrected chi connectivity index (χ1v) is 11.0. The number of para-hydroxylation sites is 1. The first kappa shape index (κ1) is 21.6. The summed E-state index contributed by atoms with van der Waals surface area (Å²) in [6.45, 7) is 5.85. The predicted octanol–water partition coefficient (Wildman–Crippen LogP) is 3.82. The molecule has 2 aromatic carbocycles. The number of anilines is 1. The number of carbonyl (C=O) groups excluding carboxylic acids is 1. The van der Waals surface area contributed by atoms with Gasteiger partial charge in [-0.3, -0.25) is 14.2 Å². The smallest absolute Gasteiger partial charge is 0.264 e. The highest BCUT2D eigenvalue weighted by molar-refractivity contribution is 6.00. The van der Waals surface area contributed by atoms with Crippen LogP contribution in [0.4, 0.5) is 5.69 Å². The highest BCUT2D eigenvalue weighted by Gasteiger charge is 2.36. The fourth-order valence-corrected chi connectivity index (χ4v) is 4.63. The Kier molecular flexibility index (Phi) is 5.08. The van der Waals surface area contributed by atoms with Crippen molar-refractivity contribution in [2.75, 3.05) is 12.0 Å². The topological polar surface area (TPSA) is 82.2 Å². The standard InChI is InChI=1S/C26H25N5O3/c1-17-13-26(2,3)30(22-11-10-19(34-4)12-20(17)22)23(32)15-29-16-27-24-21(25(29)33)14-28-31(24)18-8-6-5-7-9-18/h5-14,16H,15H2,1-4H3. The second kappa shape index (κ2) is 7.98. The number of allylic oxidation sites excluding steroid dienone is 1. The van der Waals surface area contributed by atoms with Gasteiger partial charge in [-0.25, -0.2) is 9.67 Å². The van der Waals surface area contributed by atoms with Crippen molar-refractivity contribution in [3.05, 3.63) is 83.0 Å². The lowest BCUT2D eigenvalue weighted by Gasteiger charge is -2.41. The number of carbonyl (C=O) groups is 1. The molecule has 4 aromatic rings. The molecule has 2 aromatic heterocycles. The maximum Gasteiger partial charge on any atom is 0.264 e. The van der Waals surface area contributed by atoms with Gasteiger partial charge >= 0.3 is 0 Å². The lowest BCUT2D eigenvalue weighted by atomic mass is 9.88. The second-order valence-electron chi connectivity index (χ2n) is 8.90. The van der Waals surface area contributed by atoms with Crippen molar-refractivity contribution >= 4 is 28.2 Å².